The number of ether oxygens (including phenoxy) is 1. The third kappa shape index (κ3) is 4.71. The van der Waals surface area contributed by atoms with Crippen LogP contribution in [0.3, 0.4) is 0 Å². The van der Waals surface area contributed by atoms with E-state index in [1.165, 1.54) is 19.2 Å². The zero-order valence-electron chi connectivity index (χ0n) is 12.4. The number of nitrogens with one attached hydrogen (secondary N) is 2. The first-order chi connectivity index (χ1) is 10.2. The number of aliphatic carboxylic acids is 1. The van der Waals surface area contributed by atoms with Crippen molar-refractivity contribution < 1.29 is 27.9 Å². The van der Waals surface area contributed by atoms with Crippen LogP contribution in [0.1, 0.15) is 24.2 Å². The van der Waals surface area contributed by atoms with E-state index in [-0.39, 0.29) is 22.3 Å². The fraction of sp³-hybridized carbons (Fsp3) is 0.385. The van der Waals surface area contributed by atoms with Crippen molar-refractivity contribution in [3.63, 3.8) is 0 Å². The number of carbonyl (C=O) groups is 2. The molecule has 1 aromatic rings. The van der Waals surface area contributed by atoms with Crippen LogP contribution in [-0.4, -0.2) is 45.1 Å². The average Bonchev–Trinajstić information content (AvgIpc) is 2.42. The van der Waals surface area contributed by atoms with Crippen LogP contribution in [0.2, 0.25) is 0 Å². The predicted molar refractivity (Wildman–Crippen MR) is 78.4 cm³/mol. The molecule has 0 aliphatic carbocycles. The number of amides is 1. The quantitative estimate of drug-likeness (QED) is 0.656. The van der Waals surface area contributed by atoms with E-state index in [9.17, 15) is 18.0 Å². The minimum absolute atomic E-state index is 0.0196. The van der Waals surface area contributed by atoms with Crippen LogP contribution in [0.15, 0.2) is 23.1 Å². The normalized spacial score (nSPS) is 11.3. The van der Waals surface area contributed by atoms with E-state index in [2.05, 4.69) is 10.0 Å². The zero-order chi connectivity index (χ0) is 16.9. The summed E-state index contributed by atoms with van der Waals surface area (Å²) < 4.78 is 31.9. The molecule has 0 radical (unpaired) electrons. The van der Waals surface area contributed by atoms with E-state index >= 15 is 0 Å². The highest BCUT2D eigenvalue weighted by molar-refractivity contribution is 7.89. The molecule has 8 nitrogen and oxygen atoms in total. The van der Waals surface area contributed by atoms with Gasteiger partial charge in [-0.15, -0.1) is 0 Å². The van der Waals surface area contributed by atoms with Crippen molar-refractivity contribution in [1.82, 2.24) is 10.0 Å². The summed E-state index contributed by atoms with van der Waals surface area (Å²) in [6.45, 7) is 2.76. The lowest BCUT2D eigenvalue weighted by atomic mass is 10.2. The summed E-state index contributed by atoms with van der Waals surface area (Å²) >= 11 is 0. The monoisotopic (exact) mass is 330 g/mol. The highest BCUT2D eigenvalue weighted by atomic mass is 32.2. The van der Waals surface area contributed by atoms with Gasteiger partial charge in [0.05, 0.1) is 7.11 Å². The number of hydrogen-bond acceptors (Lipinski definition) is 5. The Bertz CT molecular complexity index is 669. The fourth-order valence-electron chi connectivity index (χ4n) is 1.66. The summed E-state index contributed by atoms with van der Waals surface area (Å²) in [5.41, 5.74) is 0.0196. The fourth-order valence-corrected chi connectivity index (χ4v) is 3.11. The summed E-state index contributed by atoms with van der Waals surface area (Å²) in [7, 11) is -2.55. The lowest BCUT2D eigenvalue weighted by Crippen LogP contribution is -2.31. The Morgan fingerprint density at radius 2 is 1.95 bits per heavy atom. The molecule has 1 rings (SSSR count). The Labute approximate surface area is 128 Å². The minimum Gasteiger partial charge on any atom is -0.495 e. The van der Waals surface area contributed by atoms with Gasteiger partial charge in [0.2, 0.25) is 10.0 Å². The molecule has 0 aliphatic rings. The van der Waals surface area contributed by atoms with Gasteiger partial charge in [-0.25, -0.2) is 13.1 Å². The molecule has 0 atom stereocenters. The first-order valence-corrected chi connectivity index (χ1v) is 7.86. The van der Waals surface area contributed by atoms with Crippen molar-refractivity contribution in [2.24, 2.45) is 0 Å². The molecule has 0 bridgehead atoms. The second kappa shape index (κ2) is 7.23. The van der Waals surface area contributed by atoms with Crippen molar-refractivity contribution in [3.05, 3.63) is 23.8 Å². The Morgan fingerprint density at radius 3 is 2.45 bits per heavy atom. The molecule has 0 aliphatic heterocycles. The van der Waals surface area contributed by atoms with Gasteiger partial charge in [0.25, 0.3) is 5.91 Å². The number of methoxy groups -OCH3 is 1. The van der Waals surface area contributed by atoms with Crippen LogP contribution >= 0.6 is 0 Å². The van der Waals surface area contributed by atoms with Gasteiger partial charge in [-0.2, -0.15) is 0 Å². The minimum atomic E-state index is -3.86. The van der Waals surface area contributed by atoms with Crippen molar-refractivity contribution in [2.75, 3.05) is 13.7 Å². The zero-order valence-corrected chi connectivity index (χ0v) is 13.2. The summed E-state index contributed by atoms with van der Waals surface area (Å²) in [6, 6.07) is 3.50. The number of carbonyl (C=O) groups excluding carboxylic acids is 1. The van der Waals surface area contributed by atoms with E-state index in [0.29, 0.717) is 0 Å². The number of carboxylic acid groups (broad SMARTS) is 1. The third-order valence-electron chi connectivity index (χ3n) is 2.51. The number of rotatable bonds is 7. The van der Waals surface area contributed by atoms with Crippen LogP contribution in [0, 0.1) is 0 Å². The van der Waals surface area contributed by atoms with E-state index in [1.807, 2.05) is 0 Å². The maximum atomic E-state index is 12.2. The van der Waals surface area contributed by atoms with Gasteiger partial charge >= 0.3 is 5.97 Å². The second-order valence-corrected chi connectivity index (χ2v) is 6.40. The Hall–Kier alpha value is -2.13. The molecule has 122 valence electrons. The Morgan fingerprint density at radius 1 is 1.32 bits per heavy atom. The van der Waals surface area contributed by atoms with Gasteiger partial charge in [-0.3, -0.25) is 9.59 Å². The highest BCUT2D eigenvalue weighted by Crippen LogP contribution is 2.25. The average molecular weight is 330 g/mol. The summed E-state index contributed by atoms with van der Waals surface area (Å²) in [6.07, 6.45) is 0. The summed E-state index contributed by atoms with van der Waals surface area (Å²) in [4.78, 5) is 22.1. The molecule has 0 saturated heterocycles. The number of hydrogen-bond donors (Lipinski definition) is 3. The predicted octanol–water partition coefficient (Wildman–Crippen LogP) is 0.196. The van der Waals surface area contributed by atoms with Gasteiger partial charge in [0.1, 0.15) is 17.2 Å². The molecule has 9 heteroatoms. The SMILES string of the molecule is COc1ccc(C(=O)NCC(=O)O)cc1S(=O)(=O)NC(C)C. The molecule has 0 fully saturated rings. The lowest BCUT2D eigenvalue weighted by Gasteiger charge is -2.14. The lowest BCUT2D eigenvalue weighted by molar-refractivity contribution is -0.135. The molecule has 0 unspecified atom stereocenters. The molecular formula is C13H18N2O6S. The Kier molecular flexibility index (Phi) is 5.89. The topological polar surface area (TPSA) is 122 Å². The number of carboxylic acids is 1. The van der Waals surface area contributed by atoms with Crippen molar-refractivity contribution in [2.45, 2.75) is 24.8 Å². The maximum absolute atomic E-state index is 12.2. The van der Waals surface area contributed by atoms with Crippen LogP contribution in [0.4, 0.5) is 0 Å². The second-order valence-electron chi connectivity index (χ2n) is 4.72. The summed E-state index contributed by atoms with van der Waals surface area (Å²) in [5.74, 6) is -1.80. The first-order valence-electron chi connectivity index (χ1n) is 6.37. The Balaban J connectivity index is 3.19. The first kappa shape index (κ1) is 17.9. The molecule has 1 aromatic carbocycles. The maximum Gasteiger partial charge on any atom is 0.322 e. The standard InChI is InChI=1S/C13H18N2O6S/c1-8(2)15-22(19,20)11-6-9(4-5-10(11)21-3)13(18)14-7-12(16)17/h4-6,8,15H,7H2,1-3H3,(H,14,18)(H,16,17). The largest absolute Gasteiger partial charge is 0.495 e. The molecule has 0 spiro atoms. The molecule has 1 amide bonds. The molecule has 3 N–H and O–H groups in total. The molecule has 0 heterocycles. The van der Waals surface area contributed by atoms with Crippen LogP contribution in [0.25, 0.3) is 0 Å². The molecule has 0 aromatic heterocycles. The molecular weight excluding hydrogens is 312 g/mol. The van der Waals surface area contributed by atoms with Crippen LogP contribution in [-0.2, 0) is 14.8 Å². The summed E-state index contributed by atoms with van der Waals surface area (Å²) in [5, 5.41) is 10.7. The van der Waals surface area contributed by atoms with Gasteiger partial charge in [-0.05, 0) is 32.0 Å². The van der Waals surface area contributed by atoms with Crippen molar-refractivity contribution >= 4 is 21.9 Å². The van der Waals surface area contributed by atoms with Gasteiger partial charge < -0.3 is 15.2 Å². The number of benzene rings is 1. The van der Waals surface area contributed by atoms with Gasteiger partial charge in [0, 0.05) is 11.6 Å². The van der Waals surface area contributed by atoms with E-state index in [1.54, 1.807) is 13.8 Å². The van der Waals surface area contributed by atoms with E-state index in [4.69, 9.17) is 9.84 Å². The van der Waals surface area contributed by atoms with E-state index < -0.39 is 28.4 Å². The third-order valence-corrected chi connectivity index (χ3v) is 4.19. The van der Waals surface area contributed by atoms with Crippen LogP contribution in [0.5, 0.6) is 5.75 Å². The number of sulfonamides is 1. The van der Waals surface area contributed by atoms with Crippen molar-refractivity contribution in [1.29, 1.82) is 0 Å². The smallest absolute Gasteiger partial charge is 0.322 e. The highest BCUT2D eigenvalue weighted by Gasteiger charge is 2.22. The molecule has 0 saturated carbocycles. The van der Waals surface area contributed by atoms with Crippen molar-refractivity contribution in [3.8, 4) is 5.75 Å². The van der Waals surface area contributed by atoms with Gasteiger partial charge in [0.15, 0.2) is 0 Å². The van der Waals surface area contributed by atoms with E-state index in [0.717, 1.165) is 6.07 Å². The van der Waals surface area contributed by atoms with Gasteiger partial charge in [-0.1, -0.05) is 0 Å². The van der Waals surface area contributed by atoms with Crippen LogP contribution < -0.4 is 14.8 Å². The molecule has 22 heavy (non-hydrogen) atoms.